The normalized spacial score (nSPS) is 17.2. The molecule has 1 fully saturated rings. The minimum absolute atomic E-state index is 0.0164. The third kappa shape index (κ3) is 3.73. The van der Waals surface area contributed by atoms with Crippen molar-refractivity contribution in [3.05, 3.63) is 46.6 Å². The second kappa shape index (κ2) is 6.73. The van der Waals surface area contributed by atoms with Crippen LogP contribution in [0.25, 0.3) is 11.1 Å². The lowest BCUT2D eigenvalue weighted by Crippen LogP contribution is -2.42. The van der Waals surface area contributed by atoms with Crippen molar-refractivity contribution in [1.29, 1.82) is 0 Å². The number of phenols is 1. The maximum Gasteiger partial charge on any atom is 0.416 e. The van der Waals surface area contributed by atoms with Crippen LogP contribution in [-0.4, -0.2) is 38.6 Å². The molecule has 2 N–H and O–H groups in total. The minimum Gasteiger partial charge on any atom is -0.507 e. The molecule has 1 saturated heterocycles. The summed E-state index contributed by atoms with van der Waals surface area (Å²) >= 11 is 0. The molecule has 0 amide bonds. The molecule has 140 valence electrons. The molecule has 2 aromatic rings. The fraction of sp³-hybridized carbons (Fsp3) is 0.412. The first-order valence-corrected chi connectivity index (χ1v) is 7.95. The third-order valence-electron chi connectivity index (χ3n) is 4.40. The number of hydrogen-bond donors (Lipinski definition) is 2. The van der Waals surface area contributed by atoms with E-state index in [9.17, 15) is 28.2 Å². The lowest BCUT2D eigenvalue weighted by atomic mass is 9.94. The zero-order chi connectivity index (χ0) is 18.9. The van der Waals surface area contributed by atoms with Crippen molar-refractivity contribution in [3.63, 3.8) is 0 Å². The van der Waals surface area contributed by atoms with E-state index >= 15 is 0 Å². The first-order valence-electron chi connectivity index (χ1n) is 7.95. The summed E-state index contributed by atoms with van der Waals surface area (Å²) < 4.78 is 44.5. The highest BCUT2D eigenvalue weighted by molar-refractivity contribution is 5.69. The van der Waals surface area contributed by atoms with Crippen LogP contribution < -0.4 is 5.56 Å². The van der Waals surface area contributed by atoms with Crippen molar-refractivity contribution in [3.8, 4) is 16.9 Å². The standard InChI is InChI=1S/C17H17F3N2O4/c18-17(19,20)11-1-2-12(14(23)7-11)13-8-21-10-22(15(13)24)9-16(25)3-5-26-6-4-16/h1-2,7-8,10,23,25H,3-6,9H2. The van der Waals surface area contributed by atoms with Gasteiger partial charge in [-0.3, -0.25) is 9.36 Å². The van der Waals surface area contributed by atoms with E-state index in [1.165, 1.54) is 17.1 Å². The van der Waals surface area contributed by atoms with Gasteiger partial charge < -0.3 is 14.9 Å². The highest BCUT2D eigenvalue weighted by Crippen LogP contribution is 2.35. The lowest BCUT2D eigenvalue weighted by molar-refractivity contribution is -0.137. The molecule has 0 atom stereocenters. The molecule has 9 heteroatoms. The average Bonchev–Trinajstić information content (AvgIpc) is 2.57. The number of benzene rings is 1. The molecule has 6 nitrogen and oxygen atoms in total. The molecular weight excluding hydrogens is 353 g/mol. The molecular formula is C17H17F3N2O4. The molecule has 26 heavy (non-hydrogen) atoms. The molecule has 0 saturated carbocycles. The zero-order valence-corrected chi connectivity index (χ0v) is 13.7. The third-order valence-corrected chi connectivity index (χ3v) is 4.40. The average molecular weight is 370 g/mol. The summed E-state index contributed by atoms with van der Waals surface area (Å²) in [6.45, 7) is 0.730. The Kier molecular flexibility index (Phi) is 4.76. The van der Waals surface area contributed by atoms with Crippen LogP contribution >= 0.6 is 0 Å². The number of nitrogens with zero attached hydrogens (tertiary/aromatic N) is 2. The summed E-state index contributed by atoms with van der Waals surface area (Å²) in [6.07, 6.45) is -1.46. The van der Waals surface area contributed by atoms with Crippen LogP contribution in [0.15, 0.2) is 35.5 Å². The predicted octanol–water partition coefficient (Wildman–Crippen LogP) is 2.18. The number of aromatic nitrogens is 2. The van der Waals surface area contributed by atoms with Crippen molar-refractivity contribution < 1.29 is 28.1 Å². The molecule has 1 aromatic carbocycles. The van der Waals surface area contributed by atoms with Gasteiger partial charge in [-0.15, -0.1) is 0 Å². The monoisotopic (exact) mass is 370 g/mol. The number of rotatable bonds is 3. The van der Waals surface area contributed by atoms with E-state index in [2.05, 4.69) is 4.98 Å². The molecule has 1 aromatic heterocycles. The fourth-order valence-electron chi connectivity index (χ4n) is 2.91. The van der Waals surface area contributed by atoms with Gasteiger partial charge in [0.2, 0.25) is 0 Å². The molecule has 0 aliphatic carbocycles. The van der Waals surface area contributed by atoms with Crippen molar-refractivity contribution in [1.82, 2.24) is 9.55 Å². The lowest BCUT2D eigenvalue weighted by Gasteiger charge is -2.32. The van der Waals surface area contributed by atoms with E-state index in [1.54, 1.807) is 0 Å². The predicted molar refractivity (Wildman–Crippen MR) is 85.6 cm³/mol. The summed E-state index contributed by atoms with van der Waals surface area (Å²) in [5.74, 6) is -0.666. The largest absolute Gasteiger partial charge is 0.507 e. The Morgan fingerprint density at radius 2 is 1.92 bits per heavy atom. The van der Waals surface area contributed by atoms with Crippen molar-refractivity contribution in [2.45, 2.75) is 31.2 Å². The molecule has 0 bridgehead atoms. The maximum absolute atomic E-state index is 12.7. The number of aromatic hydroxyl groups is 1. The number of hydrogen-bond acceptors (Lipinski definition) is 5. The number of alkyl halides is 3. The summed E-state index contributed by atoms with van der Waals surface area (Å²) in [5, 5.41) is 20.5. The first kappa shape index (κ1) is 18.4. The van der Waals surface area contributed by atoms with E-state index in [-0.39, 0.29) is 17.7 Å². The molecule has 2 heterocycles. The van der Waals surface area contributed by atoms with Crippen LogP contribution in [0.2, 0.25) is 0 Å². The number of halogens is 3. The first-order chi connectivity index (χ1) is 12.2. The van der Waals surface area contributed by atoms with E-state index in [0.29, 0.717) is 32.1 Å². The summed E-state index contributed by atoms with van der Waals surface area (Å²) in [4.78, 5) is 16.6. The Hall–Kier alpha value is -2.39. The van der Waals surface area contributed by atoms with E-state index in [0.717, 1.165) is 12.1 Å². The van der Waals surface area contributed by atoms with Gasteiger partial charge in [-0.2, -0.15) is 13.2 Å². The van der Waals surface area contributed by atoms with Crippen LogP contribution in [-0.2, 0) is 17.5 Å². The molecule has 0 radical (unpaired) electrons. The minimum atomic E-state index is -4.60. The van der Waals surface area contributed by atoms with E-state index in [4.69, 9.17) is 4.74 Å². The smallest absolute Gasteiger partial charge is 0.416 e. The number of ether oxygens (including phenoxy) is 1. The molecule has 0 spiro atoms. The summed E-state index contributed by atoms with van der Waals surface area (Å²) in [6, 6.07) is 2.39. The Bertz CT molecular complexity index is 858. The van der Waals surface area contributed by atoms with Crippen LogP contribution in [0, 0.1) is 0 Å². The Labute approximate surface area is 146 Å². The highest BCUT2D eigenvalue weighted by atomic mass is 19.4. The van der Waals surface area contributed by atoms with Crippen molar-refractivity contribution >= 4 is 0 Å². The van der Waals surface area contributed by atoms with Gasteiger partial charge in [0.05, 0.1) is 29.6 Å². The van der Waals surface area contributed by atoms with Crippen molar-refractivity contribution in [2.24, 2.45) is 0 Å². The Balaban J connectivity index is 1.96. The number of phenolic OH excluding ortho intramolecular Hbond substituents is 1. The Morgan fingerprint density at radius 3 is 2.54 bits per heavy atom. The van der Waals surface area contributed by atoms with Gasteiger partial charge in [-0.05, 0) is 18.2 Å². The second-order valence-corrected chi connectivity index (χ2v) is 6.31. The van der Waals surface area contributed by atoms with E-state index < -0.39 is 28.6 Å². The highest BCUT2D eigenvalue weighted by Gasteiger charge is 2.32. The van der Waals surface area contributed by atoms with Gasteiger partial charge in [-0.25, -0.2) is 4.98 Å². The van der Waals surface area contributed by atoms with Crippen molar-refractivity contribution in [2.75, 3.05) is 13.2 Å². The van der Waals surface area contributed by atoms with Crippen LogP contribution in [0.5, 0.6) is 5.75 Å². The summed E-state index contributed by atoms with van der Waals surface area (Å²) in [5.41, 5.74) is -2.79. The van der Waals surface area contributed by atoms with Crippen LogP contribution in [0.4, 0.5) is 13.2 Å². The van der Waals surface area contributed by atoms with Gasteiger partial charge in [0.1, 0.15) is 5.75 Å². The molecule has 1 aliphatic rings. The SMILES string of the molecule is O=c1c(-c2ccc(C(F)(F)F)cc2O)cncn1CC1(O)CCOCC1. The second-order valence-electron chi connectivity index (χ2n) is 6.31. The molecule has 0 unspecified atom stereocenters. The fourth-order valence-corrected chi connectivity index (χ4v) is 2.91. The number of aliphatic hydroxyl groups is 1. The van der Waals surface area contributed by atoms with Gasteiger partial charge in [-0.1, -0.05) is 0 Å². The van der Waals surface area contributed by atoms with Gasteiger partial charge in [0.15, 0.2) is 0 Å². The molecule has 1 aliphatic heterocycles. The van der Waals surface area contributed by atoms with Crippen LogP contribution in [0.3, 0.4) is 0 Å². The summed E-state index contributed by atoms with van der Waals surface area (Å²) in [7, 11) is 0. The van der Waals surface area contributed by atoms with Gasteiger partial charge >= 0.3 is 6.18 Å². The molecule has 3 rings (SSSR count). The topological polar surface area (TPSA) is 84.6 Å². The quantitative estimate of drug-likeness (QED) is 0.865. The van der Waals surface area contributed by atoms with Crippen LogP contribution in [0.1, 0.15) is 18.4 Å². The van der Waals surface area contributed by atoms with E-state index in [1.807, 2.05) is 0 Å². The Morgan fingerprint density at radius 1 is 1.23 bits per heavy atom. The maximum atomic E-state index is 12.7. The zero-order valence-electron chi connectivity index (χ0n) is 13.7. The van der Waals surface area contributed by atoms with Gasteiger partial charge in [0, 0.05) is 37.8 Å². The van der Waals surface area contributed by atoms with Gasteiger partial charge in [0.25, 0.3) is 5.56 Å².